The summed E-state index contributed by atoms with van der Waals surface area (Å²) >= 11 is 10.7. The Bertz CT molecular complexity index is 1100. The number of hydrogen-bond donors (Lipinski definition) is 0. The van der Waals surface area contributed by atoms with Gasteiger partial charge in [-0.25, -0.2) is 0 Å². The first-order chi connectivity index (χ1) is 14.4. The van der Waals surface area contributed by atoms with E-state index in [0.29, 0.717) is 26.2 Å². The Morgan fingerprint density at radius 2 is 2.07 bits per heavy atom. The van der Waals surface area contributed by atoms with Crippen LogP contribution < -0.4 is 4.74 Å². The lowest BCUT2D eigenvalue weighted by atomic mass is 10.1. The van der Waals surface area contributed by atoms with E-state index in [1.165, 1.54) is 11.8 Å². The summed E-state index contributed by atoms with van der Waals surface area (Å²) in [6, 6.07) is 12.5. The van der Waals surface area contributed by atoms with Gasteiger partial charge in [0.15, 0.2) is 5.16 Å². The predicted molar refractivity (Wildman–Crippen MR) is 120 cm³/mol. The molecule has 0 amide bonds. The number of thioether (sulfide) groups is 1. The van der Waals surface area contributed by atoms with Gasteiger partial charge in [0, 0.05) is 15.6 Å². The molecule has 3 aromatic rings. The van der Waals surface area contributed by atoms with E-state index in [1.54, 1.807) is 30.3 Å². The van der Waals surface area contributed by atoms with Gasteiger partial charge >= 0.3 is 0 Å². The Balaban J connectivity index is 1.93. The molecule has 0 saturated heterocycles. The van der Waals surface area contributed by atoms with E-state index in [9.17, 15) is 10.1 Å². The maximum Gasteiger partial charge on any atom is 0.220 e. The SMILES string of the molecule is C#CCOc1ccc([C@@H](C[N+](=O)[O-])Sc2nnc(C)n2-c2ccc(Cl)cc2)cc1Br. The molecule has 154 valence electrons. The second-order valence-electron chi connectivity index (χ2n) is 6.15. The van der Waals surface area contributed by atoms with Crippen LogP contribution in [0.4, 0.5) is 0 Å². The van der Waals surface area contributed by atoms with Crippen molar-refractivity contribution in [2.45, 2.75) is 17.3 Å². The first-order valence-corrected chi connectivity index (χ1v) is 10.8. The summed E-state index contributed by atoms with van der Waals surface area (Å²) in [5.41, 5.74) is 1.57. The van der Waals surface area contributed by atoms with Gasteiger partial charge in [0.05, 0.1) is 4.47 Å². The van der Waals surface area contributed by atoms with Gasteiger partial charge in [-0.1, -0.05) is 35.3 Å². The fourth-order valence-corrected chi connectivity index (χ4v) is 4.54. The molecule has 3 rings (SSSR count). The number of halogens is 2. The molecule has 0 bridgehead atoms. The summed E-state index contributed by atoms with van der Waals surface area (Å²) in [4.78, 5) is 11.0. The van der Waals surface area contributed by atoms with Crippen molar-refractivity contribution in [2.24, 2.45) is 0 Å². The fraction of sp³-hybridized carbons (Fsp3) is 0.200. The minimum Gasteiger partial charge on any atom is -0.480 e. The first kappa shape index (κ1) is 22.2. The summed E-state index contributed by atoms with van der Waals surface area (Å²) in [6.07, 6.45) is 5.23. The summed E-state index contributed by atoms with van der Waals surface area (Å²) in [6.45, 7) is 1.67. The van der Waals surface area contributed by atoms with Gasteiger partial charge in [-0.15, -0.1) is 16.6 Å². The van der Waals surface area contributed by atoms with Gasteiger partial charge in [0.25, 0.3) is 0 Å². The number of terminal acetylenes is 1. The van der Waals surface area contributed by atoms with Gasteiger partial charge in [0.2, 0.25) is 6.54 Å². The first-order valence-electron chi connectivity index (χ1n) is 8.71. The van der Waals surface area contributed by atoms with Crippen molar-refractivity contribution in [3.8, 4) is 23.8 Å². The van der Waals surface area contributed by atoms with Crippen LogP contribution >= 0.6 is 39.3 Å². The fourth-order valence-electron chi connectivity index (χ4n) is 2.73. The van der Waals surface area contributed by atoms with Gasteiger partial charge in [-0.2, -0.15) is 0 Å². The zero-order chi connectivity index (χ0) is 21.7. The third-order valence-electron chi connectivity index (χ3n) is 4.08. The molecular formula is C20H16BrClN4O3S. The molecule has 0 N–H and O–H groups in total. The van der Waals surface area contributed by atoms with E-state index >= 15 is 0 Å². The smallest absolute Gasteiger partial charge is 0.220 e. The number of nitro groups is 1. The highest BCUT2D eigenvalue weighted by atomic mass is 79.9. The summed E-state index contributed by atoms with van der Waals surface area (Å²) in [5.74, 6) is 3.64. The molecule has 0 aliphatic heterocycles. The highest BCUT2D eigenvalue weighted by Gasteiger charge is 2.24. The quantitative estimate of drug-likeness (QED) is 0.182. The van der Waals surface area contributed by atoms with Crippen molar-refractivity contribution in [1.82, 2.24) is 14.8 Å². The standard InChI is InChI=1S/C20H16BrClN4O3S/c1-3-10-29-18-9-4-14(11-17(18)21)19(12-25(27)28)30-20-24-23-13(2)26(20)16-7-5-15(22)6-8-16/h1,4-9,11,19H,10,12H2,2H3/t19-/m1/s1. The van der Waals surface area contributed by atoms with Gasteiger partial charge < -0.3 is 4.74 Å². The topological polar surface area (TPSA) is 83.1 Å². The summed E-state index contributed by atoms with van der Waals surface area (Å²) in [7, 11) is 0. The average Bonchev–Trinajstić information content (AvgIpc) is 3.07. The number of aryl methyl sites for hydroxylation is 1. The van der Waals surface area contributed by atoms with Gasteiger partial charge in [0.1, 0.15) is 23.4 Å². The van der Waals surface area contributed by atoms with Crippen molar-refractivity contribution in [1.29, 1.82) is 0 Å². The van der Waals surface area contributed by atoms with E-state index in [-0.39, 0.29) is 18.1 Å². The van der Waals surface area contributed by atoms with Crippen LogP contribution in [0.25, 0.3) is 5.69 Å². The molecule has 30 heavy (non-hydrogen) atoms. The van der Waals surface area contributed by atoms with E-state index in [1.807, 2.05) is 23.6 Å². The normalized spacial score (nSPS) is 11.7. The third kappa shape index (κ3) is 5.33. The van der Waals surface area contributed by atoms with E-state index in [2.05, 4.69) is 32.0 Å². The molecule has 0 unspecified atom stereocenters. The van der Waals surface area contributed by atoms with Crippen molar-refractivity contribution in [3.05, 3.63) is 73.5 Å². The molecule has 0 spiro atoms. The lowest BCUT2D eigenvalue weighted by Gasteiger charge is -2.15. The maximum absolute atomic E-state index is 11.3. The van der Waals surface area contributed by atoms with Gasteiger partial charge in [-0.3, -0.25) is 14.7 Å². The molecule has 0 aliphatic carbocycles. The maximum atomic E-state index is 11.3. The Morgan fingerprint density at radius 1 is 1.33 bits per heavy atom. The second-order valence-corrected chi connectivity index (χ2v) is 8.61. The van der Waals surface area contributed by atoms with Crippen LogP contribution in [0.1, 0.15) is 16.6 Å². The largest absolute Gasteiger partial charge is 0.480 e. The molecule has 1 atom stereocenters. The minimum atomic E-state index is -0.493. The van der Waals surface area contributed by atoms with Crippen LogP contribution in [0.15, 0.2) is 52.1 Å². The molecule has 0 fully saturated rings. The average molecular weight is 508 g/mol. The van der Waals surface area contributed by atoms with E-state index in [0.717, 1.165) is 11.3 Å². The molecule has 1 heterocycles. The van der Waals surface area contributed by atoms with Crippen molar-refractivity contribution < 1.29 is 9.66 Å². The van der Waals surface area contributed by atoms with Crippen molar-refractivity contribution in [2.75, 3.05) is 13.2 Å². The summed E-state index contributed by atoms with van der Waals surface area (Å²) < 4.78 is 7.96. The number of ether oxygens (including phenoxy) is 1. The molecular weight excluding hydrogens is 492 g/mol. The predicted octanol–water partition coefficient (Wildman–Crippen LogP) is 5.11. The number of rotatable bonds is 8. The zero-order valence-electron chi connectivity index (χ0n) is 15.8. The number of aromatic nitrogens is 3. The lowest BCUT2D eigenvalue weighted by Crippen LogP contribution is -2.11. The van der Waals surface area contributed by atoms with Crippen LogP contribution in [-0.2, 0) is 0 Å². The molecule has 7 nitrogen and oxygen atoms in total. The molecule has 0 aliphatic rings. The summed E-state index contributed by atoms with van der Waals surface area (Å²) in [5, 5.41) is 20.4. The molecule has 2 aromatic carbocycles. The highest BCUT2D eigenvalue weighted by molar-refractivity contribution is 9.10. The Morgan fingerprint density at radius 3 is 2.70 bits per heavy atom. The molecule has 0 radical (unpaired) electrons. The highest BCUT2D eigenvalue weighted by Crippen LogP contribution is 2.38. The Hall–Kier alpha value is -2.54. The minimum absolute atomic E-state index is 0.133. The lowest BCUT2D eigenvalue weighted by molar-refractivity contribution is -0.479. The zero-order valence-corrected chi connectivity index (χ0v) is 18.9. The van der Waals surface area contributed by atoms with Crippen LogP contribution in [-0.4, -0.2) is 32.8 Å². The van der Waals surface area contributed by atoms with E-state index < -0.39 is 5.25 Å². The van der Waals surface area contributed by atoms with Crippen molar-refractivity contribution in [3.63, 3.8) is 0 Å². The third-order valence-corrected chi connectivity index (χ3v) is 6.13. The van der Waals surface area contributed by atoms with Crippen LogP contribution in [0.3, 0.4) is 0 Å². The Labute approximate surface area is 191 Å². The monoisotopic (exact) mass is 506 g/mol. The van der Waals surface area contributed by atoms with Crippen molar-refractivity contribution >= 4 is 39.3 Å². The number of hydrogen-bond acceptors (Lipinski definition) is 6. The second kappa shape index (κ2) is 9.98. The molecule has 0 saturated carbocycles. The number of nitrogens with zero attached hydrogens (tertiary/aromatic N) is 4. The van der Waals surface area contributed by atoms with E-state index in [4.69, 9.17) is 22.8 Å². The van der Waals surface area contributed by atoms with Crippen LogP contribution in [0, 0.1) is 29.4 Å². The van der Waals surface area contributed by atoms with Gasteiger partial charge in [-0.05, 0) is 64.8 Å². The van der Waals surface area contributed by atoms with Crippen LogP contribution in [0.5, 0.6) is 5.75 Å². The Kier molecular flexibility index (Phi) is 7.37. The molecule has 1 aromatic heterocycles. The number of benzene rings is 2. The molecule has 10 heteroatoms. The van der Waals surface area contributed by atoms with Crippen LogP contribution in [0.2, 0.25) is 5.02 Å².